The minimum Gasteiger partial charge on any atom is -0.469 e. The van der Waals surface area contributed by atoms with Crippen LogP contribution in [-0.2, 0) is 20.3 Å². The maximum atomic E-state index is 12.0. The first-order chi connectivity index (χ1) is 8.47. The molecular formula is C11H13NO5S. The molecule has 98 valence electrons. The monoisotopic (exact) mass is 271 g/mol. The first kappa shape index (κ1) is 14.3. The van der Waals surface area contributed by atoms with E-state index in [1.54, 1.807) is 13.0 Å². The quantitative estimate of drug-likeness (QED) is 0.460. The van der Waals surface area contributed by atoms with Crippen LogP contribution in [0.5, 0.6) is 0 Å². The van der Waals surface area contributed by atoms with E-state index in [1.807, 2.05) is 0 Å². The molecule has 2 unspecified atom stereocenters. The first-order valence-corrected chi connectivity index (χ1v) is 6.49. The summed E-state index contributed by atoms with van der Waals surface area (Å²) in [5.41, 5.74) is -0.201. The Balaban J connectivity index is 2.91. The number of carbonyl (C=O) groups excluding carboxylic acids is 1. The molecule has 0 aliphatic carbocycles. The Hall–Kier alpha value is -1.76. The number of esters is 1. The van der Waals surface area contributed by atoms with Crippen molar-refractivity contribution in [3.63, 3.8) is 0 Å². The van der Waals surface area contributed by atoms with Gasteiger partial charge in [-0.1, -0.05) is 19.1 Å². The van der Waals surface area contributed by atoms with Crippen molar-refractivity contribution in [1.82, 2.24) is 0 Å². The van der Waals surface area contributed by atoms with Crippen molar-refractivity contribution in [2.75, 3.05) is 12.9 Å². The summed E-state index contributed by atoms with van der Waals surface area (Å²) in [5.74, 6) is -1.06. The third-order valence-corrected chi connectivity index (χ3v) is 3.95. The Morgan fingerprint density at radius 2 is 2.11 bits per heavy atom. The molecule has 0 radical (unpaired) electrons. The van der Waals surface area contributed by atoms with Gasteiger partial charge in [0.25, 0.3) is 5.69 Å². The highest BCUT2D eigenvalue weighted by Gasteiger charge is 2.22. The molecule has 0 aliphatic rings. The molecule has 0 N–H and O–H groups in total. The van der Waals surface area contributed by atoms with Gasteiger partial charge in [0, 0.05) is 11.8 Å². The molecular weight excluding hydrogens is 258 g/mol. The minimum atomic E-state index is -1.61. The maximum absolute atomic E-state index is 12.0. The molecule has 0 saturated carbocycles. The summed E-state index contributed by atoms with van der Waals surface area (Å²) < 4.78 is 16.5. The zero-order chi connectivity index (χ0) is 13.7. The van der Waals surface area contributed by atoms with Crippen molar-refractivity contribution in [1.29, 1.82) is 0 Å². The zero-order valence-electron chi connectivity index (χ0n) is 9.99. The van der Waals surface area contributed by atoms with Crippen LogP contribution in [0.15, 0.2) is 29.2 Å². The topological polar surface area (TPSA) is 86.5 Å². The van der Waals surface area contributed by atoms with Crippen molar-refractivity contribution >= 4 is 22.5 Å². The molecule has 7 heteroatoms. The van der Waals surface area contributed by atoms with Crippen molar-refractivity contribution in [3.05, 3.63) is 34.4 Å². The number of nitro groups is 1. The molecule has 6 nitrogen and oxygen atoms in total. The Kier molecular flexibility index (Phi) is 4.96. The van der Waals surface area contributed by atoms with E-state index in [-0.39, 0.29) is 16.3 Å². The van der Waals surface area contributed by atoms with Gasteiger partial charge < -0.3 is 4.74 Å². The van der Waals surface area contributed by atoms with E-state index in [1.165, 1.54) is 25.3 Å². The summed E-state index contributed by atoms with van der Waals surface area (Å²) in [6.45, 7) is 1.57. The number of nitrogens with zero attached hydrogens (tertiary/aromatic N) is 1. The number of rotatable bonds is 5. The number of nitro benzene ring substituents is 1. The van der Waals surface area contributed by atoms with Gasteiger partial charge in [0.1, 0.15) is 4.90 Å². The fourth-order valence-corrected chi connectivity index (χ4v) is 2.76. The van der Waals surface area contributed by atoms with E-state index >= 15 is 0 Å². The number of benzene rings is 1. The maximum Gasteiger partial charge on any atom is 0.309 e. The Bertz CT molecular complexity index is 488. The van der Waals surface area contributed by atoms with Crippen LogP contribution in [0, 0.1) is 16.0 Å². The second kappa shape index (κ2) is 6.25. The van der Waals surface area contributed by atoms with Crippen molar-refractivity contribution in [2.45, 2.75) is 11.8 Å². The Morgan fingerprint density at radius 1 is 1.50 bits per heavy atom. The lowest BCUT2D eigenvalue weighted by Crippen LogP contribution is -2.19. The molecule has 0 aromatic heterocycles. The number of ether oxygens (including phenoxy) is 1. The highest BCUT2D eigenvalue weighted by Crippen LogP contribution is 2.22. The second-order valence-electron chi connectivity index (χ2n) is 3.66. The smallest absolute Gasteiger partial charge is 0.309 e. The van der Waals surface area contributed by atoms with E-state index < -0.39 is 27.6 Å². The van der Waals surface area contributed by atoms with Gasteiger partial charge in [-0.2, -0.15) is 0 Å². The van der Waals surface area contributed by atoms with Crippen LogP contribution >= 0.6 is 0 Å². The molecule has 0 amide bonds. The molecule has 0 fully saturated rings. The van der Waals surface area contributed by atoms with Gasteiger partial charge in [-0.3, -0.25) is 19.1 Å². The van der Waals surface area contributed by atoms with Gasteiger partial charge in [0.15, 0.2) is 0 Å². The lowest BCUT2D eigenvalue weighted by Gasteiger charge is -2.08. The third-order valence-electron chi connectivity index (χ3n) is 2.31. The van der Waals surface area contributed by atoms with Crippen LogP contribution in [0.4, 0.5) is 5.69 Å². The third kappa shape index (κ3) is 3.36. The average molecular weight is 271 g/mol. The number of methoxy groups -OCH3 is 1. The molecule has 1 rings (SSSR count). The molecule has 0 aliphatic heterocycles. The van der Waals surface area contributed by atoms with Crippen LogP contribution in [0.25, 0.3) is 0 Å². The minimum absolute atomic E-state index is 0.00245. The Morgan fingerprint density at radius 3 is 2.67 bits per heavy atom. The summed E-state index contributed by atoms with van der Waals surface area (Å²) in [6.07, 6.45) is 0. The fraction of sp³-hybridized carbons (Fsp3) is 0.364. The molecule has 0 saturated heterocycles. The normalized spacial score (nSPS) is 13.7. The molecule has 1 aromatic carbocycles. The lowest BCUT2D eigenvalue weighted by molar-refractivity contribution is -0.387. The number of hydrogen-bond acceptors (Lipinski definition) is 5. The van der Waals surface area contributed by atoms with Gasteiger partial charge >= 0.3 is 5.97 Å². The van der Waals surface area contributed by atoms with Crippen LogP contribution in [-0.4, -0.2) is 28.0 Å². The van der Waals surface area contributed by atoms with Crippen LogP contribution < -0.4 is 0 Å². The lowest BCUT2D eigenvalue weighted by atomic mass is 10.2. The predicted octanol–water partition coefficient (Wildman–Crippen LogP) is 1.51. The molecule has 18 heavy (non-hydrogen) atoms. The van der Waals surface area contributed by atoms with E-state index in [0.29, 0.717) is 0 Å². The molecule has 2 atom stereocenters. The molecule has 0 bridgehead atoms. The molecule has 1 aromatic rings. The highest BCUT2D eigenvalue weighted by molar-refractivity contribution is 7.85. The van der Waals surface area contributed by atoms with Gasteiger partial charge in [0.2, 0.25) is 0 Å². The number of carbonyl (C=O) groups is 1. The number of hydrogen-bond donors (Lipinski definition) is 0. The predicted molar refractivity (Wildman–Crippen MR) is 65.6 cm³/mol. The zero-order valence-corrected chi connectivity index (χ0v) is 10.8. The van der Waals surface area contributed by atoms with Crippen LogP contribution in [0.1, 0.15) is 6.92 Å². The van der Waals surface area contributed by atoms with Gasteiger partial charge in [-0.25, -0.2) is 0 Å². The summed E-state index contributed by atoms with van der Waals surface area (Å²) in [6, 6.07) is 5.79. The fourth-order valence-electron chi connectivity index (χ4n) is 1.39. The van der Waals surface area contributed by atoms with Crippen LogP contribution in [0.2, 0.25) is 0 Å². The molecule has 0 spiro atoms. The standard InChI is InChI=1S/C11H13NO5S/c1-8(11(13)17-2)7-18(16)10-6-4-3-5-9(10)12(14)15/h3-6,8H,7H2,1-2H3. The average Bonchev–Trinajstić information content (AvgIpc) is 2.37. The highest BCUT2D eigenvalue weighted by atomic mass is 32.2. The van der Waals surface area contributed by atoms with E-state index in [9.17, 15) is 19.1 Å². The summed E-state index contributed by atoms with van der Waals surface area (Å²) >= 11 is 0. The largest absolute Gasteiger partial charge is 0.469 e. The Labute approximate surface area is 107 Å². The van der Waals surface area contributed by atoms with Gasteiger partial charge in [0.05, 0.1) is 28.8 Å². The van der Waals surface area contributed by atoms with Crippen LogP contribution in [0.3, 0.4) is 0 Å². The summed E-state index contributed by atoms with van der Waals surface area (Å²) in [7, 11) is -0.368. The van der Waals surface area contributed by atoms with E-state index in [4.69, 9.17) is 0 Å². The molecule has 0 heterocycles. The van der Waals surface area contributed by atoms with Crippen molar-refractivity contribution < 1.29 is 18.7 Å². The van der Waals surface area contributed by atoms with Crippen molar-refractivity contribution in [3.8, 4) is 0 Å². The van der Waals surface area contributed by atoms with Crippen molar-refractivity contribution in [2.24, 2.45) is 5.92 Å². The first-order valence-electron chi connectivity index (χ1n) is 5.17. The summed E-state index contributed by atoms with van der Waals surface area (Å²) in [5, 5.41) is 10.8. The van der Waals surface area contributed by atoms with Gasteiger partial charge in [-0.05, 0) is 6.07 Å². The second-order valence-corrected chi connectivity index (χ2v) is 5.13. The SMILES string of the molecule is COC(=O)C(C)CS(=O)c1ccccc1[N+](=O)[O-]. The number of para-hydroxylation sites is 1. The van der Waals surface area contributed by atoms with Gasteiger partial charge in [-0.15, -0.1) is 0 Å². The van der Waals surface area contributed by atoms with E-state index in [2.05, 4.69) is 4.74 Å². The van der Waals surface area contributed by atoms with E-state index in [0.717, 1.165) is 0 Å². The summed E-state index contributed by atoms with van der Waals surface area (Å²) in [4.78, 5) is 21.5.